The first kappa shape index (κ1) is 21.7. The number of methoxy groups -OCH3 is 1. The number of sulfonamides is 1. The third kappa shape index (κ3) is 5.33. The largest absolute Gasteiger partial charge is 0.469 e. The molecule has 2 atom stereocenters. The number of nitrogens with zero attached hydrogens (tertiary/aromatic N) is 1. The fourth-order valence-corrected chi connectivity index (χ4v) is 5.19. The second kappa shape index (κ2) is 9.66. The molecule has 9 nitrogen and oxygen atoms in total. The van der Waals surface area contributed by atoms with Crippen molar-refractivity contribution < 1.29 is 27.5 Å². The smallest absolute Gasteiger partial charge is 0.310 e. The van der Waals surface area contributed by atoms with Crippen molar-refractivity contribution in [3.63, 3.8) is 0 Å². The summed E-state index contributed by atoms with van der Waals surface area (Å²) < 4.78 is 36.9. The Hall–Kier alpha value is -2.01. The van der Waals surface area contributed by atoms with E-state index < -0.39 is 10.0 Å². The second-order valence-electron chi connectivity index (χ2n) is 7.14. The number of esters is 1. The summed E-state index contributed by atoms with van der Waals surface area (Å²) in [6, 6.07) is 6.11. The molecule has 1 saturated carbocycles. The third-order valence-corrected chi connectivity index (χ3v) is 7.16. The highest BCUT2D eigenvalue weighted by molar-refractivity contribution is 7.89. The van der Waals surface area contributed by atoms with Gasteiger partial charge in [0.25, 0.3) is 0 Å². The summed E-state index contributed by atoms with van der Waals surface area (Å²) >= 11 is 0. The highest BCUT2D eigenvalue weighted by atomic mass is 32.2. The summed E-state index contributed by atoms with van der Waals surface area (Å²) in [4.78, 5) is 24.2. The predicted octanol–water partition coefficient (Wildman–Crippen LogP) is 0.577. The monoisotopic (exact) mass is 425 g/mol. The topological polar surface area (TPSA) is 114 Å². The minimum absolute atomic E-state index is 0.0264. The molecule has 2 fully saturated rings. The van der Waals surface area contributed by atoms with E-state index in [1.54, 1.807) is 12.1 Å². The van der Waals surface area contributed by atoms with E-state index in [4.69, 9.17) is 9.47 Å². The van der Waals surface area contributed by atoms with Gasteiger partial charge in [-0.2, -0.15) is 4.31 Å². The summed E-state index contributed by atoms with van der Waals surface area (Å²) in [5.74, 6) is -0.808. The number of hydrogen-bond donors (Lipinski definition) is 2. The maximum atomic E-state index is 12.8. The summed E-state index contributed by atoms with van der Waals surface area (Å²) in [7, 11) is -2.27. The van der Waals surface area contributed by atoms with E-state index in [1.165, 1.54) is 23.5 Å². The van der Waals surface area contributed by atoms with Gasteiger partial charge in [0.15, 0.2) is 0 Å². The number of benzene rings is 1. The molecule has 1 aromatic carbocycles. The zero-order valence-corrected chi connectivity index (χ0v) is 17.2. The van der Waals surface area contributed by atoms with Gasteiger partial charge in [-0.05, 0) is 31.0 Å². The van der Waals surface area contributed by atoms with Crippen molar-refractivity contribution in [2.24, 2.45) is 5.92 Å². The Morgan fingerprint density at radius 2 is 2.00 bits per heavy atom. The van der Waals surface area contributed by atoms with Crippen molar-refractivity contribution in [1.82, 2.24) is 9.62 Å². The molecule has 0 aromatic heterocycles. The van der Waals surface area contributed by atoms with E-state index in [9.17, 15) is 18.0 Å². The first-order chi connectivity index (χ1) is 13.9. The van der Waals surface area contributed by atoms with Gasteiger partial charge in [0.1, 0.15) is 0 Å². The van der Waals surface area contributed by atoms with Gasteiger partial charge >= 0.3 is 5.97 Å². The van der Waals surface area contributed by atoms with Gasteiger partial charge < -0.3 is 20.1 Å². The van der Waals surface area contributed by atoms with Gasteiger partial charge in [-0.15, -0.1) is 0 Å². The summed E-state index contributed by atoms with van der Waals surface area (Å²) in [5, 5.41) is 5.82. The van der Waals surface area contributed by atoms with Crippen LogP contribution in [0.15, 0.2) is 29.2 Å². The molecule has 1 aliphatic carbocycles. The van der Waals surface area contributed by atoms with Crippen molar-refractivity contribution in [3.8, 4) is 0 Å². The molecule has 1 aliphatic heterocycles. The maximum Gasteiger partial charge on any atom is 0.310 e. The molecule has 1 aromatic rings. The first-order valence-electron chi connectivity index (χ1n) is 9.71. The Balaban J connectivity index is 1.58. The Bertz CT molecular complexity index is 838. The van der Waals surface area contributed by atoms with Crippen LogP contribution in [0.5, 0.6) is 0 Å². The van der Waals surface area contributed by atoms with Crippen LogP contribution in [-0.2, 0) is 29.1 Å². The van der Waals surface area contributed by atoms with Crippen LogP contribution in [0.4, 0.5) is 5.69 Å². The molecule has 1 heterocycles. The average Bonchev–Trinajstić information content (AvgIpc) is 3.21. The van der Waals surface area contributed by atoms with Crippen LogP contribution in [0.2, 0.25) is 0 Å². The molecular weight excluding hydrogens is 398 g/mol. The predicted molar refractivity (Wildman–Crippen MR) is 106 cm³/mol. The van der Waals surface area contributed by atoms with Crippen molar-refractivity contribution in [3.05, 3.63) is 24.3 Å². The fourth-order valence-electron chi connectivity index (χ4n) is 3.74. The maximum absolute atomic E-state index is 12.8. The van der Waals surface area contributed by atoms with Crippen molar-refractivity contribution in [2.75, 3.05) is 45.3 Å². The van der Waals surface area contributed by atoms with Crippen molar-refractivity contribution in [1.29, 1.82) is 0 Å². The van der Waals surface area contributed by atoms with Crippen LogP contribution < -0.4 is 10.6 Å². The third-order valence-electron chi connectivity index (χ3n) is 5.27. The molecular formula is C19H27N3O6S. The van der Waals surface area contributed by atoms with Crippen LogP contribution in [0.3, 0.4) is 0 Å². The molecule has 0 radical (unpaired) electrons. The minimum atomic E-state index is -3.63. The van der Waals surface area contributed by atoms with Crippen LogP contribution in [-0.4, -0.2) is 70.6 Å². The number of anilines is 1. The fraction of sp³-hybridized carbons (Fsp3) is 0.579. The molecule has 1 amide bonds. The van der Waals surface area contributed by atoms with E-state index in [-0.39, 0.29) is 35.3 Å². The molecule has 0 spiro atoms. The average molecular weight is 426 g/mol. The molecule has 1 saturated heterocycles. The SMILES string of the molecule is COC(=O)[C@H]1CCC[C@H]1NCC(=O)Nc1cccc(S(=O)(=O)N2CCOCC2)c1. The Kier molecular flexibility index (Phi) is 7.23. The highest BCUT2D eigenvalue weighted by Gasteiger charge is 2.33. The number of rotatable bonds is 7. The molecule has 10 heteroatoms. The Morgan fingerprint density at radius 1 is 1.24 bits per heavy atom. The highest BCUT2D eigenvalue weighted by Crippen LogP contribution is 2.26. The van der Waals surface area contributed by atoms with Gasteiger partial charge in [0.05, 0.1) is 37.7 Å². The molecule has 160 valence electrons. The molecule has 3 rings (SSSR count). The lowest BCUT2D eigenvalue weighted by Gasteiger charge is -2.26. The number of carbonyl (C=O) groups is 2. The Labute approximate surface area is 170 Å². The molecule has 0 bridgehead atoms. The number of ether oxygens (including phenoxy) is 2. The van der Waals surface area contributed by atoms with Crippen LogP contribution in [0, 0.1) is 5.92 Å². The van der Waals surface area contributed by atoms with Crippen LogP contribution in [0.25, 0.3) is 0 Å². The van der Waals surface area contributed by atoms with E-state index in [0.717, 1.165) is 19.3 Å². The van der Waals surface area contributed by atoms with Crippen molar-refractivity contribution >= 4 is 27.6 Å². The number of morpholine rings is 1. The van der Waals surface area contributed by atoms with Crippen LogP contribution in [0.1, 0.15) is 19.3 Å². The van der Waals surface area contributed by atoms with E-state index in [0.29, 0.717) is 32.0 Å². The molecule has 2 N–H and O–H groups in total. The number of nitrogens with one attached hydrogen (secondary N) is 2. The number of amides is 1. The Morgan fingerprint density at radius 3 is 2.72 bits per heavy atom. The lowest BCUT2D eigenvalue weighted by molar-refractivity contribution is -0.146. The quantitative estimate of drug-likeness (QED) is 0.614. The van der Waals surface area contributed by atoms with Crippen LogP contribution >= 0.6 is 0 Å². The van der Waals surface area contributed by atoms with Gasteiger partial charge in [-0.1, -0.05) is 12.5 Å². The number of hydrogen-bond acceptors (Lipinski definition) is 7. The van der Waals surface area contributed by atoms with Gasteiger partial charge in [0, 0.05) is 24.8 Å². The standard InChI is InChI=1S/C19H27N3O6S/c1-27-19(24)16-6-3-7-17(16)20-13-18(23)21-14-4-2-5-15(12-14)29(25,26)22-8-10-28-11-9-22/h2,4-5,12,16-17,20H,3,6-11,13H2,1H3,(H,21,23)/t16-,17+/m0/s1. The lowest BCUT2D eigenvalue weighted by atomic mass is 10.0. The van der Waals surface area contributed by atoms with Gasteiger partial charge in [-0.25, -0.2) is 8.42 Å². The van der Waals surface area contributed by atoms with E-state index >= 15 is 0 Å². The summed E-state index contributed by atoms with van der Waals surface area (Å²) in [6.45, 7) is 1.39. The zero-order chi connectivity index (χ0) is 20.9. The van der Waals surface area contributed by atoms with Crippen molar-refractivity contribution in [2.45, 2.75) is 30.2 Å². The minimum Gasteiger partial charge on any atom is -0.469 e. The lowest BCUT2D eigenvalue weighted by Crippen LogP contribution is -2.41. The van der Waals surface area contributed by atoms with Gasteiger partial charge in [0.2, 0.25) is 15.9 Å². The summed E-state index contributed by atoms with van der Waals surface area (Å²) in [6.07, 6.45) is 2.45. The molecule has 29 heavy (non-hydrogen) atoms. The normalized spacial score (nSPS) is 22.9. The molecule has 2 aliphatic rings. The first-order valence-corrected chi connectivity index (χ1v) is 11.1. The van der Waals surface area contributed by atoms with E-state index in [2.05, 4.69) is 10.6 Å². The zero-order valence-electron chi connectivity index (χ0n) is 16.4. The number of carbonyl (C=O) groups excluding carboxylic acids is 2. The van der Waals surface area contributed by atoms with E-state index in [1.807, 2.05) is 0 Å². The summed E-state index contributed by atoms with van der Waals surface area (Å²) in [5.41, 5.74) is 0.405. The second-order valence-corrected chi connectivity index (χ2v) is 9.08. The van der Waals surface area contributed by atoms with Gasteiger partial charge in [-0.3, -0.25) is 9.59 Å². The molecule has 0 unspecified atom stereocenters.